The van der Waals surface area contributed by atoms with Gasteiger partial charge in [0.05, 0.1) is 6.61 Å². The molecular formula is C15H24ClN3O. The molecular weight excluding hydrogens is 274 g/mol. The Bertz CT molecular complexity index is 420. The highest BCUT2D eigenvalue weighted by Crippen LogP contribution is 2.25. The lowest BCUT2D eigenvalue weighted by Crippen LogP contribution is -2.45. The van der Waals surface area contributed by atoms with Crippen molar-refractivity contribution in [1.82, 2.24) is 10.2 Å². The molecule has 1 fully saturated rings. The van der Waals surface area contributed by atoms with Crippen LogP contribution in [0.1, 0.15) is 5.56 Å². The second-order valence-electron chi connectivity index (χ2n) is 5.23. The Hall–Kier alpha value is -0.810. The van der Waals surface area contributed by atoms with Crippen LogP contribution in [-0.2, 0) is 11.3 Å². The standard InChI is InChI=1S/C15H24ClN3O/c1-18-6-8-19(9-7-18)15-4-3-14(16)11-13(15)12-17-5-10-20-2/h3-4,11,17H,5-10,12H2,1-2H3. The van der Waals surface area contributed by atoms with Gasteiger partial charge in [0.25, 0.3) is 0 Å². The highest BCUT2D eigenvalue weighted by atomic mass is 35.5. The molecule has 0 unspecified atom stereocenters. The van der Waals surface area contributed by atoms with Crippen molar-refractivity contribution in [2.75, 3.05) is 58.4 Å². The summed E-state index contributed by atoms with van der Waals surface area (Å²) in [4.78, 5) is 4.81. The molecule has 0 atom stereocenters. The van der Waals surface area contributed by atoms with Crippen molar-refractivity contribution in [3.8, 4) is 0 Å². The summed E-state index contributed by atoms with van der Waals surface area (Å²) in [6.07, 6.45) is 0. The van der Waals surface area contributed by atoms with E-state index in [2.05, 4.69) is 34.3 Å². The fourth-order valence-electron chi connectivity index (χ4n) is 2.45. The monoisotopic (exact) mass is 297 g/mol. The van der Waals surface area contributed by atoms with Gasteiger partial charge in [-0.2, -0.15) is 0 Å². The van der Waals surface area contributed by atoms with Gasteiger partial charge in [-0.15, -0.1) is 0 Å². The molecule has 112 valence electrons. The van der Waals surface area contributed by atoms with Crippen molar-refractivity contribution >= 4 is 17.3 Å². The number of likely N-dealkylation sites (N-methyl/N-ethyl adjacent to an activating group) is 1. The smallest absolute Gasteiger partial charge is 0.0587 e. The topological polar surface area (TPSA) is 27.7 Å². The van der Waals surface area contributed by atoms with E-state index in [1.807, 2.05) is 6.07 Å². The van der Waals surface area contributed by atoms with Crippen LogP contribution in [0.4, 0.5) is 5.69 Å². The summed E-state index contributed by atoms with van der Waals surface area (Å²) >= 11 is 6.14. The number of hydrogen-bond acceptors (Lipinski definition) is 4. The summed E-state index contributed by atoms with van der Waals surface area (Å²) in [5.74, 6) is 0. The van der Waals surface area contributed by atoms with Gasteiger partial charge in [-0.1, -0.05) is 11.6 Å². The van der Waals surface area contributed by atoms with Crippen LogP contribution >= 0.6 is 11.6 Å². The van der Waals surface area contributed by atoms with Crippen LogP contribution in [-0.4, -0.2) is 58.4 Å². The molecule has 1 aromatic carbocycles. The first kappa shape index (κ1) is 15.6. The van der Waals surface area contributed by atoms with Crippen molar-refractivity contribution in [3.05, 3.63) is 28.8 Å². The summed E-state index contributed by atoms with van der Waals surface area (Å²) in [5.41, 5.74) is 2.56. The number of piperazine rings is 1. The minimum absolute atomic E-state index is 0.727. The molecule has 0 radical (unpaired) electrons. The van der Waals surface area contributed by atoms with E-state index in [0.29, 0.717) is 0 Å². The Morgan fingerprint density at radius 2 is 2.00 bits per heavy atom. The zero-order valence-corrected chi connectivity index (χ0v) is 13.1. The predicted molar refractivity (Wildman–Crippen MR) is 84.7 cm³/mol. The second-order valence-corrected chi connectivity index (χ2v) is 5.67. The average Bonchev–Trinajstić information content (AvgIpc) is 2.45. The fourth-order valence-corrected chi connectivity index (χ4v) is 2.64. The number of nitrogens with zero attached hydrogens (tertiary/aromatic N) is 2. The molecule has 1 saturated heterocycles. The molecule has 1 aromatic rings. The lowest BCUT2D eigenvalue weighted by molar-refractivity contribution is 0.199. The summed E-state index contributed by atoms with van der Waals surface area (Å²) in [6, 6.07) is 6.18. The maximum absolute atomic E-state index is 6.14. The van der Waals surface area contributed by atoms with Gasteiger partial charge in [0, 0.05) is 57.1 Å². The lowest BCUT2D eigenvalue weighted by atomic mass is 10.1. The highest BCUT2D eigenvalue weighted by Gasteiger charge is 2.16. The summed E-state index contributed by atoms with van der Waals surface area (Å²) in [7, 11) is 3.89. The van der Waals surface area contributed by atoms with Crippen LogP contribution in [0.5, 0.6) is 0 Å². The first-order valence-electron chi connectivity index (χ1n) is 7.12. The molecule has 1 aliphatic rings. The van der Waals surface area contributed by atoms with Crippen LogP contribution in [0.3, 0.4) is 0 Å². The van der Waals surface area contributed by atoms with Crippen LogP contribution in [0, 0.1) is 0 Å². The molecule has 5 heteroatoms. The van der Waals surface area contributed by atoms with Crippen LogP contribution in [0.2, 0.25) is 5.02 Å². The Morgan fingerprint density at radius 1 is 1.25 bits per heavy atom. The molecule has 2 rings (SSSR count). The molecule has 1 aliphatic heterocycles. The Kier molecular flexibility index (Phi) is 6.10. The molecule has 0 spiro atoms. The third-order valence-electron chi connectivity index (χ3n) is 3.68. The van der Waals surface area contributed by atoms with E-state index in [1.165, 1.54) is 11.3 Å². The van der Waals surface area contributed by atoms with Crippen molar-refractivity contribution < 1.29 is 4.74 Å². The average molecular weight is 298 g/mol. The molecule has 1 heterocycles. The highest BCUT2D eigenvalue weighted by molar-refractivity contribution is 6.30. The molecule has 1 N–H and O–H groups in total. The molecule has 0 bridgehead atoms. The molecule has 0 saturated carbocycles. The van der Waals surface area contributed by atoms with Gasteiger partial charge in [0.2, 0.25) is 0 Å². The van der Waals surface area contributed by atoms with E-state index >= 15 is 0 Å². The zero-order valence-electron chi connectivity index (χ0n) is 12.4. The Balaban J connectivity index is 2.03. The third kappa shape index (κ3) is 4.35. The van der Waals surface area contributed by atoms with E-state index in [0.717, 1.165) is 50.9 Å². The second kappa shape index (κ2) is 7.84. The number of halogens is 1. The first-order chi connectivity index (χ1) is 9.70. The molecule has 20 heavy (non-hydrogen) atoms. The molecule has 0 aliphatic carbocycles. The third-order valence-corrected chi connectivity index (χ3v) is 3.92. The number of rotatable bonds is 6. The zero-order chi connectivity index (χ0) is 14.4. The summed E-state index contributed by atoms with van der Waals surface area (Å²) in [5, 5.41) is 4.19. The molecule has 4 nitrogen and oxygen atoms in total. The van der Waals surface area contributed by atoms with Crippen LogP contribution in [0.25, 0.3) is 0 Å². The molecule has 0 aromatic heterocycles. The predicted octanol–water partition coefficient (Wildman–Crippen LogP) is 1.83. The normalized spacial score (nSPS) is 16.6. The minimum Gasteiger partial charge on any atom is -0.383 e. The maximum atomic E-state index is 6.14. The van der Waals surface area contributed by atoms with Gasteiger partial charge in [-0.25, -0.2) is 0 Å². The Labute approximate surface area is 126 Å². The summed E-state index contributed by atoms with van der Waals surface area (Å²) in [6.45, 7) is 6.77. The van der Waals surface area contributed by atoms with Gasteiger partial charge in [-0.05, 0) is 30.8 Å². The van der Waals surface area contributed by atoms with Gasteiger partial charge in [0.1, 0.15) is 0 Å². The van der Waals surface area contributed by atoms with Gasteiger partial charge < -0.3 is 19.9 Å². The quantitative estimate of drug-likeness (QED) is 0.811. The van der Waals surface area contributed by atoms with Gasteiger partial charge in [0.15, 0.2) is 0 Å². The van der Waals surface area contributed by atoms with Crippen molar-refractivity contribution in [2.45, 2.75) is 6.54 Å². The first-order valence-corrected chi connectivity index (χ1v) is 7.50. The summed E-state index contributed by atoms with van der Waals surface area (Å²) < 4.78 is 5.06. The van der Waals surface area contributed by atoms with Gasteiger partial charge in [-0.3, -0.25) is 0 Å². The Morgan fingerprint density at radius 3 is 2.70 bits per heavy atom. The van der Waals surface area contributed by atoms with E-state index in [-0.39, 0.29) is 0 Å². The van der Waals surface area contributed by atoms with Gasteiger partial charge >= 0.3 is 0 Å². The SMILES string of the molecule is COCCNCc1cc(Cl)ccc1N1CCN(C)CC1. The van der Waals surface area contributed by atoms with E-state index in [4.69, 9.17) is 16.3 Å². The number of methoxy groups -OCH3 is 1. The largest absolute Gasteiger partial charge is 0.383 e. The molecule has 0 amide bonds. The maximum Gasteiger partial charge on any atom is 0.0587 e. The fraction of sp³-hybridized carbons (Fsp3) is 0.600. The number of anilines is 1. The van der Waals surface area contributed by atoms with E-state index in [9.17, 15) is 0 Å². The van der Waals surface area contributed by atoms with Crippen LogP contribution in [0.15, 0.2) is 18.2 Å². The van der Waals surface area contributed by atoms with Crippen molar-refractivity contribution in [1.29, 1.82) is 0 Å². The number of ether oxygens (including phenoxy) is 1. The van der Waals surface area contributed by atoms with Crippen LogP contribution < -0.4 is 10.2 Å². The minimum atomic E-state index is 0.727. The number of nitrogens with one attached hydrogen (secondary N) is 1. The number of hydrogen-bond donors (Lipinski definition) is 1. The van der Waals surface area contributed by atoms with E-state index < -0.39 is 0 Å². The lowest BCUT2D eigenvalue weighted by Gasteiger charge is -2.35. The number of benzene rings is 1. The van der Waals surface area contributed by atoms with Crippen molar-refractivity contribution in [3.63, 3.8) is 0 Å². The van der Waals surface area contributed by atoms with Crippen molar-refractivity contribution in [2.24, 2.45) is 0 Å². The van der Waals surface area contributed by atoms with E-state index in [1.54, 1.807) is 7.11 Å².